The summed E-state index contributed by atoms with van der Waals surface area (Å²) < 4.78 is 30.8. The second-order valence-electron chi connectivity index (χ2n) is 9.18. The van der Waals surface area contributed by atoms with Crippen molar-refractivity contribution in [1.29, 1.82) is 5.26 Å². The first-order chi connectivity index (χ1) is 15.8. The average Bonchev–Trinajstić information content (AvgIpc) is 3.44. The maximum absolute atomic E-state index is 12.4. The molecule has 0 spiro atoms. The van der Waals surface area contributed by atoms with Crippen molar-refractivity contribution in [3.63, 3.8) is 0 Å². The standard InChI is InChI=1S/C22H27N5O6/c1-21(2)31-17-16(14-8-9-15-19(24)25-12-26-27(14)15)32-22(10-23,18(17)33-21)11-29-20(28)30-13-6-4-3-5-7-13/h8-9,12-13,16-18H,3-7,11H2,1-2H3,(H2,24,25,26)/t16-,17-,18-,22+/m0/s1. The molecule has 0 bridgehead atoms. The van der Waals surface area contributed by atoms with Gasteiger partial charge in [-0.05, 0) is 51.7 Å². The van der Waals surface area contributed by atoms with Gasteiger partial charge in [-0.15, -0.1) is 0 Å². The van der Waals surface area contributed by atoms with Gasteiger partial charge in [0.1, 0.15) is 48.9 Å². The Morgan fingerprint density at radius 2 is 2.06 bits per heavy atom. The van der Waals surface area contributed by atoms with E-state index >= 15 is 0 Å². The third-order valence-corrected chi connectivity index (χ3v) is 6.44. The van der Waals surface area contributed by atoms with Crippen molar-refractivity contribution in [1.82, 2.24) is 14.6 Å². The molecule has 3 fully saturated rings. The van der Waals surface area contributed by atoms with Crippen molar-refractivity contribution in [2.75, 3.05) is 12.3 Å². The molecule has 4 heterocycles. The van der Waals surface area contributed by atoms with Crippen LogP contribution in [0, 0.1) is 11.3 Å². The van der Waals surface area contributed by atoms with E-state index in [2.05, 4.69) is 16.2 Å². The number of ether oxygens (including phenoxy) is 5. The summed E-state index contributed by atoms with van der Waals surface area (Å²) in [5, 5.41) is 14.4. The third-order valence-electron chi connectivity index (χ3n) is 6.44. The fourth-order valence-corrected chi connectivity index (χ4v) is 4.91. The van der Waals surface area contributed by atoms with E-state index in [-0.39, 0.29) is 12.7 Å². The molecule has 2 aromatic heterocycles. The Bertz CT molecular complexity index is 1090. The quantitative estimate of drug-likeness (QED) is 0.680. The summed E-state index contributed by atoms with van der Waals surface area (Å²) in [6, 6.07) is 5.74. The number of nitriles is 1. The molecule has 4 atom stereocenters. The highest BCUT2D eigenvalue weighted by atomic mass is 16.8. The van der Waals surface area contributed by atoms with Crippen molar-refractivity contribution in [3.8, 4) is 6.07 Å². The Labute approximate surface area is 190 Å². The van der Waals surface area contributed by atoms with Crippen molar-refractivity contribution in [2.45, 2.75) is 81.8 Å². The van der Waals surface area contributed by atoms with Gasteiger partial charge in [0, 0.05) is 0 Å². The van der Waals surface area contributed by atoms with Crippen LogP contribution in [0.4, 0.5) is 10.6 Å². The first-order valence-corrected chi connectivity index (χ1v) is 11.2. The lowest BCUT2D eigenvalue weighted by Crippen LogP contribution is -2.46. The van der Waals surface area contributed by atoms with Crippen LogP contribution >= 0.6 is 0 Å². The SMILES string of the molecule is CC1(C)O[C@H]2[C@H](c3ccc4c(N)ncnn34)O[C@](C#N)(COC(=O)OC3CCCCC3)[C@H]2O1. The zero-order valence-electron chi connectivity index (χ0n) is 18.6. The minimum Gasteiger partial charge on any atom is -0.431 e. The van der Waals surface area contributed by atoms with Crippen LogP contribution in [0.2, 0.25) is 0 Å². The van der Waals surface area contributed by atoms with E-state index in [9.17, 15) is 10.1 Å². The van der Waals surface area contributed by atoms with Crippen LogP contribution in [0.1, 0.15) is 57.7 Å². The number of nitrogens with zero attached hydrogens (tertiary/aromatic N) is 4. The molecule has 1 aliphatic carbocycles. The number of nitrogen functional groups attached to an aromatic ring is 1. The van der Waals surface area contributed by atoms with Crippen molar-refractivity contribution >= 4 is 17.5 Å². The monoisotopic (exact) mass is 457 g/mol. The number of aromatic nitrogens is 3. The van der Waals surface area contributed by atoms with Crippen LogP contribution in [0.25, 0.3) is 5.52 Å². The van der Waals surface area contributed by atoms with Gasteiger partial charge in [0.25, 0.3) is 0 Å². The first kappa shape index (κ1) is 21.9. The molecule has 0 aromatic carbocycles. The normalized spacial score (nSPS) is 31.2. The van der Waals surface area contributed by atoms with E-state index in [0.717, 1.165) is 32.1 Å². The molecule has 0 amide bonds. The van der Waals surface area contributed by atoms with Crippen molar-refractivity contribution in [2.24, 2.45) is 0 Å². The smallest absolute Gasteiger partial charge is 0.431 e. The number of hydrogen-bond donors (Lipinski definition) is 1. The number of rotatable bonds is 4. The maximum Gasteiger partial charge on any atom is 0.508 e. The van der Waals surface area contributed by atoms with E-state index in [1.54, 1.807) is 30.5 Å². The Balaban J connectivity index is 1.39. The van der Waals surface area contributed by atoms with Crippen LogP contribution in [-0.4, -0.2) is 57.1 Å². The van der Waals surface area contributed by atoms with E-state index < -0.39 is 35.9 Å². The minimum absolute atomic E-state index is 0.156. The molecular weight excluding hydrogens is 430 g/mol. The van der Waals surface area contributed by atoms with Gasteiger partial charge < -0.3 is 29.4 Å². The van der Waals surface area contributed by atoms with Gasteiger partial charge in [-0.25, -0.2) is 14.3 Å². The summed E-state index contributed by atoms with van der Waals surface area (Å²) in [4.78, 5) is 16.4. The Kier molecular flexibility index (Phi) is 5.39. The molecule has 176 valence electrons. The van der Waals surface area contributed by atoms with Crippen LogP contribution < -0.4 is 5.73 Å². The predicted molar refractivity (Wildman–Crippen MR) is 113 cm³/mol. The number of nitrogens with two attached hydrogens (primary N) is 1. The zero-order valence-corrected chi connectivity index (χ0v) is 18.6. The maximum atomic E-state index is 12.4. The number of carbonyl (C=O) groups is 1. The molecule has 3 aliphatic rings. The lowest BCUT2D eigenvalue weighted by atomic mass is 9.96. The fraction of sp³-hybridized carbons (Fsp3) is 0.636. The van der Waals surface area contributed by atoms with Crippen LogP contribution in [0.5, 0.6) is 0 Å². The van der Waals surface area contributed by atoms with Gasteiger partial charge in [-0.3, -0.25) is 0 Å². The summed E-state index contributed by atoms with van der Waals surface area (Å²) in [6.45, 7) is 3.17. The van der Waals surface area contributed by atoms with Gasteiger partial charge in [-0.2, -0.15) is 10.4 Å². The molecule has 2 aliphatic heterocycles. The highest BCUT2D eigenvalue weighted by molar-refractivity contribution is 5.65. The summed E-state index contributed by atoms with van der Waals surface area (Å²) in [5.74, 6) is -0.640. The summed E-state index contributed by atoms with van der Waals surface area (Å²) in [5.41, 5.74) is 5.60. The molecule has 11 nitrogen and oxygen atoms in total. The van der Waals surface area contributed by atoms with Gasteiger partial charge in [0.05, 0.1) is 5.69 Å². The van der Waals surface area contributed by atoms with Gasteiger partial charge >= 0.3 is 6.16 Å². The minimum atomic E-state index is -1.59. The van der Waals surface area contributed by atoms with Crippen LogP contribution in [-0.2, 0) is 23.7 Å². The highest BCUT2D eigenvalue weighted by Crippen LogP contribution is 2.50. The van der Waals surface area contributed by atoms with Gasteiger partial charge in [-0.1, -0.05) is 6.42 Å². The van der Waals surface area contributed by atoms with Crippen molar-refractivity contribution < 1.29 is 28.5 Å². The lowest BCUT2D eigenvalue weighted by molar-refractivity contribution is -0.206. The number of carbonyl (C=O) groups excluding carboxylic acids is 1. The first-order valence-electron chi connectivity index (χ1n) is 11.2. The zero-order chi connectivity index (χ0) is 23.2. The Morgan fingerprint density at radius 1 is 1.27 bits per heavy atom. The molecule has 2 N–H and O–H groups in total. The van der Waals surface area contributed by atoms with Gasteiger partial charge in [0.2, 0.25) is 5.60 Å². The second kappa shape index (κ2) is 8.13. The van der Waals surface area contributed by atoms with Crippen molar-refractivity contribution in [3.05, 3.63) is 24.2 Å². The number of hydrogen-bond acceptors (Lipinski definition) is 10. The number of fused-ring (bicyclic) bond motifs is 2. The van der Waals surface area contributed by atoms with Crippen LogP contribution in [0.15, 0.2) is 18.5 Å². The fourth-order valence-electron chi connectivity index (χ4n) is 4.91. The molecule has 2 saturated heterocycles. The van der Waals surface area contributed by atoms with Gasteiger partial charge in [0.15, 0.2) is 11.6 Å². The molecule has 2 aromatic rings. The molecule has 0 unspecified atom stereocenters. The van der Waals surface area contributed by atoms with Crippen LogP contribution in [0.3, 0.4) is 0 Å². The third kappa shape index (κ3) is 3.88. The lowest BCUT2D eigenvalue weighted by Gasteiger charge is -2.29. The second-order valence-corrected chi connectivity index (χ2v) is 9.18. The molecule has 33 heavy (non-hydrogen) atoms. The Morgan fingerprint density at radius 3 is 2.82 bits per heavy atom. The van der Waals surface area contributed by atoms with E-state index in [1.165, 1.54) is 6.33 Å². The number of anilines is 1. The summed E-state index contributed by atoms with van der Waals surface area (Å²) in [7, 11) is 0. The molecule has 1 saturated carbocycles. The summed E-state index contributed by atoms with van der Waals surface area (Å²) in [6.07, 6.45) is 3.05. The van der Waals surface area contributed by atoms with E-state index in [4.69, 9.17) is 29.4 Å². The molecule has 11 heteroatoms. The highest BCUT2D eigenvalue weighted by Gasteiger charge is 2.65. The predicted octanol–water partition coefficient (Wildman–Crippen LogP) is 2.65. The molecule has 0 radical (unpaired) electrons. The average molecular weight is 457 g/mol. The largest absolute Gasteiger partial charge is 0.508 e. The summed E-state index contributed by atoms with van der Waals surface area (Å²) >= 11 is 0. The molecule has 5 rings (SSSR count). The Hall–Kier alpha value is -2.94. The topological polar surface area (TPSA) is 143 Å². The van der Waals surface area contributed by atoms with E-state index in [1.807, 2.05) is 0 Å². The van der Waals surface area contributed by atoms with E-state index in [0.29, 0.717) is 17.0 Å². The molecular formula is C22H27N5O6.